The Hall–Kier alpha value is -4.29. The minimum atomic E-state index is -0.449. The van der Waals surface area contributed by atoms with Crippen LogP contribution in [0.25, 0.3) is 0 Å². The molecule has 0 saturated heterocycles. The van der Waals surface area contributed by atoms with Gasteiger partial charge in [0.2, 0.25) is 0 Å². The number of nitrogens with zero attached hydrogens (tertiary/aromatic N) is 2. The van der Waals surface area contributed by atoms with Gasteiger partial charge in [-0.15, -0.1) is 0 Å². The molecule has 0 spiro atoms. The molecule has 0 aliphatic heterocycles. The zero-order valence-corrected chi connectivity index (χ0v) is 19.9. The summed E-state index contributed by atoms with van der Waals surface area (Å²) in [6.07, 6.45) is 0. The smallest absolute Gasteiger partial charge is 0.267 e. The number of carbonyl (C=O) groups excluding carboxylic acids is 1. The van der Waals surface area contributed by atoms with Crippen molar-refractivity contribution in [1.29, 1.82) is 0 Å². The lowest BCUT2D eigenvalue weighted by Gasteiger charge is -2.25. The highest BCUT2D eigenvalue weighted by Gasteiger charge is 2.26. The molecule has 0 bridgehead atoms. The summed E-state index contributed by atoms with van der Waals surface area (Å²) in [6.45, 7) is 0. The Labute approximate surface area is 208 Å². The first-order valence-corrected chi connectivity index (χ1v) is 11.1. The third-order valence-corrected chi connectivity index (χ3v) is 5.54. The quantitative estimate of drug-likeness (QED) is 0.250. The Kier molecular flexibility index (Phi) is 7.33. The second kappa shape index (κ2) is 10.8. The van der Waals surface area contributed by atoms with E-state index in [4.69, 9.17) is 26.1 Å². The van der Waals surface area contributed by atoms with E-state index in [1.807, 2.05) is 0 Å². The highest BCUT2D eigenvalue weighted by molar-refractivity contribution is 6.31. The van der Waals surface area contributed by atoms with Crippen molar-refractivity contribution in [1.82, 2.24) is 0 Å². The van der Waals surface area contributed by atoms with Crippen molar-refractivity contribution in [3.8, 4) is 17.2 Å². The predicted octanol–water partition coefficient (Wildman–Crippen LogP) is 6.49. The number of ether oxygens (including phenoxy) is 2. The van der Waals surface area contributed by atoms with Gasteiger partial charge in [-0.25, -0.2) is 4.99 Å². The van der Waals surface area contributed by atoms with E-state index in [0.717, 1.165) is 0 Å². The Balaban J connectivity index is 1.93. The van der Waals surface area contributed by atoms with Crippen molar-refractivity contribution in [3.63, 3.8) is 0 Å². The van der Waals surface area contributed by atoms with E-state index >= 15 is 0 Å². The number of rotatable bonds is 6. The van der Waals surface area contributed by atoms with Crippen molar-refractivity contribution in [2.24, 2.45) is 4.99 Å². The average Bonchev–Trinajstić information content (AvgIpc) is 2.90. The molecule has 176 valence electrons. The third-order valence-electron chi connectivity index (χ3n) is 5.29. The summed E-state index contributed by atoms with van der Waals surface area (Å²) in [5.41, 5.74) is 1.95. The van der Waals surface area contributed by atoms with Crippen LogP contribution in [0.15, 0.2) is 102 Å². The first-order chi connectivity index (χ1) is 17.0. The van der Waals surface area contributed by atoms with Gasteiger partial charge in [0.15, 0.2) is 0 Å². The Morgan fingerprint density at radius 1 is 0.800 bits per heavy atom. The molecule has 6 nitrogen and oxygen atoms in total. The molecule has 0 fully saturated rings. The summed E-state index contributed by atoms with van der Waals surface area (Å²) in [4.78, 5) is 20.2. The van der Waals surface area contributed by atoms with E-state index in [9.17, 15) is 9.90 Å². The van der Waals surface area contributed by atoms with E-state index in [1.54, 1.807) is 105 Å². The number of aliphatic imine (C=N–C) groups is 1. The second-order valence-corrected chi connectivity index (χ2v) is 7.93. The maximum absolute atomic E-state index is 13.9. The molecule has 0 unspecified atom stereocenters. The van der Waals surface area contributed by atoms with Gasteiger partial charge in [-0.05, 0) is 84.9 Å². The number of amides is 1. The average molecular weight is 487 g/mol. The summed E-state index contributed by atoms with van der Waals surface area (Å²) < 4.78 is 10.5. The first kappa shape index (κ1) is 23.9. The maximum Gasteiger partial charge on any atom is 0.267 e. The minimum absolute atomic E-state index is 0.129. The molecule has 0 aliphatic rings. The van der Waals surface area contributed by atoms with Crippen molar-refractivity contribution in [3.05, 3.63) is 113 Å². The summed E-state index contributed by atoms with van der Waals surface area (Å²) in [6, 6.07) is 27.7. The van der Waals surface area contributed by atoms with Crippen molar-refractivity contribution in [2.45, 2.75) is 0 Å². The van der Waals surface area contributed by atoms with E-state index in [0.29, 0.717) is 39.3 Å². The van der Waals surface area contributed by atoms with Crippen molar-refractivity contribution < 1.29 is 19.4 Å². The summed E-state index contributed by atoms with van der Waals surface area (Å²) in [5, 5.41) is 11.0. The fourth-order valence-electron chi connectivity index (χ4n) is 3.46. The van der Waals surface area contributed by atoms with E-state index in [2.05, 4.69) is 0 Å². The molecule has 1 amide bonds. The summed E-state index contributed by atoms with van der Waals surface area (Å²) in [7, 11) is 3.16. The molecule has 35 heavy (non-hydrogen) atoms. The van der Waals surface area contributed by atoms with Crippen molar-refractivity contribution >= 4 is 34.7 Å². The number of halogens is 1. The molecule has 4 aromatic rings. The molecule has 0 aromatic heterocycles. The lowest BCUT2D eigenvalue weighted by molar-refractivity contribution is 0.1000. The molecule has 1 N–H and O–H groups in total. The number of aromatic hydroxyl groups is 1. The van der Waals surface area contributed by atoms with Crippen LogP contribution in [0, 0.1) is 0 Å². The van der Waals surface area contributed by atoms with Crippen LogP contribution in [-0.2, 0) is 0 Å². The number of para-hydroxylation sites is 1. The number of methoxy groups -OCH3 is 2. The van der Waals surface area contributed by atoms with Crippen LogP contribution in [0.4, 0.5) is 11.4 Å². The monoisotopic (exact) mass is 486 g/mol. The topological polar surface area (TPSA) is 71.4 Å². The van der Waals surface area contributed by atoms with Crippen LogP contribution in [0.3, 0.4) is 0 Å². The van der Waals surface area contributed by atoms with Gasteiger partial charge in [-0.1, -0.05) is 23.7 Å². The number of amidine groups is 1. The molecule has 0 aliphatic carbocycles. The molecule has 0 saturated carbocycles. The molecule has 0 radical (unpaired) electrons. The zero-order valence-electron chi connectivity index (χ0n) is 19.2. The molecule has 4 aromatic carbocycles. The van der Waals surface area contributed by atoms with E-state index < -0.39 is 5.91 Å². The lowest BCUT2D eigenvalue weighted by atomic mass is 10.1. The van der Waals surface area contributed by atoms with Crippen LogP contribution >= 0.6 is 11.6 Å². The number of hydrogen-bond donors (Lipinski definition) is 1. The molecule has 4 rings (SSSR count). The summed E-state index contributed by atoms with van der Waals surface area (Å²) in [5.74, 6) is 1.11. The Morgan fingerprint density at radius 2 is 1.37 bits per heavy atom. The largest absolute Gasteiger partial charge is 0.507 e. The Bertz CT molecular complexity index is 1340. The SMILES string of the molecule is COc1ccc(N=C(c2ccc(Cl)cc2)N(C(=O)c2ccccc2O)c2ccc(OC)cc2)cc1. The van der Waals surface area contributed by atoms with Gasteiger partial charge in [0.1, 0.15) is 23.1 Å². The number of benzene rings is 4. The molecular formula is C28H23ClN2O4. The van der Waals surface area contributed by atoms with Gasteiger partial charge in [0, 0.05) is 10.6 Å². The highest BCUT2D eigenvalue weighted by Crippen LogP contribution is 2.29. The first-order valence-electron chi connectivity index (χ1n) is 10.8. The van der Waals surface area contributed by atoms with E-state index in [1.165, 1.54) is 11.0 Å². The maximum atomic E-state index is 13.9. The minimum Gasteiger partial charge on any atom is -0.507 e. The van der Waals surface area contributed by atoms with Gasteiger partial charge in [-0.2, -0.15) is 0 Å². The van der Waals surface area contributed by atoms with E-state index in [-0.39, 0.29) is 11.3 Å². The number of carbonyl (C=O) groups is 1. The number of phenolic OH excluding ortho intramolecular Hbond substituents is 1. The normalized spacial score (nSPS) is 11.1. The molecule has 0 heterocycles. The summed E-state index contributed by atoms with van der Waals surface area (Å²) >= 11 is 6.14. The van der Waals surface area contributed by atoms with Crippen LogP contribution in [-0.4, -0.2) is 31.1 Å². The van der Waals surface area contributed by atoms with Crippen molar-refractivity contribution in [2.75, 3.05) is 19.1 Å². The van der Waals surface area contributed by atoms with Gasteiger partial charge in [-0.3, -0.25) is 9.69 Å². The van der Waals surface area contributed by atoms with Gasteiger partial charge < -0.3 is 14.6 Å². The van der Waals surface area contributed by atoms with Gasteiger partial charge in [0.25, 0.3) is 5.91 Å². The molecule has 7 heteroatoms. The fraction of sp³-hybridized carbons (Fsp3) is 0.0714. The molecular weight excluding hydrogens is 464 g/mol. The van der Waals surface area contributed by atoms with Crippen LogP contribution in [0.5, 0.6) is 17.2 Å². The predicted molar refractivity (Wildman–Crippen MR) is 139 cm³/mol. The van der Waals surface area contributed by atoms with Crippen LogP contribution in [0.1, 0.15) is 15.9 Å². The number of anilines is 1. The second-order valence-electron chi connectivity index (χ2n) is 7.50. The van der Waals surface area contributed by atoms with Crippen LogP contribution in [0.2, 0.25) is 5.02 Å². The van der Waals surface area contributed by atoms with Gasteiger partial charge in [0.05, 0.1) is 31.2 Å². The number of hydrogen-bond acceptors (Lipinski definition) is 5. The zero-order chi connectivity index (χ0) is 24.8. The standard InChI is InChI=1S/C28H23ClN2O4/c1-34-23-15-11-21(12-16-23)30-27(19-7-9-20(29)10-8-19)31(22-13-17-24(35-2)18-14-22)28(33)25-5-3-4-6-26(25)32/h3-18,32H,1-2H3. The van der Waals surface area contributed by atoms with Gasteiger partial charge >= 0.3 is 0 Å². The molecule has 0 atom stereocenters. The number of phenols is 1. The highest BCUT2D eigenvalue weighted by atomic mass is 35.5. The fourth-order valence-corrected chi connectivity index (χ4v) is 3.59. The lowest BCUT2D eigenvalue weighted by Crippen LogP contribution is -2.37. The third kappa shape index (κ3) is 5.45. The Morgan fingerprint density at radius 3 is 1.94 bits per heavy atom. The van der Waals surface area contributed by atoms with Crippen LogP contribution < -0.4 is 14.4 Å².